The predicted octanol–water partition coefficient (Wildman–Crippen LogP) is 3.10. The summed E-state index contributed by atoms with van der Waals surface area (Å²) in [6, 6.07) is 8.05. The van der Waals surface area contributed by atoms with Gasteiger partial charge in [0, 0.05) is 0 Å². The van der Waals surface area contributed by atoms with Crippen LogP contribution in [0.25, 0.3) is 0 Å². The van der Waals surface area contributed by atoms with Gasteiger partial charge >= 0.3 is 4.87 Å². The molecule has 0 aliphatic carbocycles. The second-order valence-electron chi connectivity index (χ2n) is 4.95. The number of aryl methyl sites for hydroxylation is 2. The van der Waals surface area contributed by atoms with Crippen LogP contribution < -0.4 is 9.61 Å². The van der Waals surface area contributed by atoms with Crippen molar-refractivity contribution in [2.45, 2.75) is 39.2 Å². The van der Waals surface area contributed by atoms with E-state index < -0.39 is 0 Å². The molecule has 20 heavy (non-hydrogen) atoms. The molecule has 5 heteroatoms. The molecule has 0 unspecified atom stereocenters. The molecule has 0 saturated heterocycles. The van der Waals surface area contributed by atoms with Crippen molar-refractivity contribution in [3.63, 3.8) is 0 Å². The van der Waals surface area contributed by atoms with Gasteiger partial charge in [-0.3, -0.25) is 9.78 Å². The first-order valence-corrected chi connectivity index (χ1v) is 7.53. The van der Waals surface area contributed by atoms with E-state index >= 15 is 0 Å². The van der Waals surface area contributed by atoms with E-state index in [1.54, 1.807) is 0 Å². The molecule has 0 aliphatic heterocycles. The summed E-state index contributed by atoms with van der Waals surface area (Å²) in [5.74, 6) is 0.894. The van der Waals surface area contributed by atoms with Gasteiger partial charge in [-0.05, 0) is 50.8 Å². The van der Waals surface area contributed by atoms with E-state index in [2.05, 4.69) is 17.1 Å². The number of aromatic amines is 1. The van der Waals surface area contributed by atoms with Crippen molar-refractivity contribution < 1.29 is 9.84 Å². The van der Waals surface area contributed by atoms with Gasteiger partial charge in [0.2, 0.25) is 5.88 Å². The van der Waals surface area contributed by atoms with Crippen LogP contribution in [0.4, 0.5) is 0 Å². The zero-order valence-corrected chi connectivity index (χ0v) is 12.5. The number of H-pyrrole nitrogens is 1. The maximum Gasteiger partial charge on any atom is 0.307 e. The van der Waals surface area contributed by atoms with Crippen LogP contribution in [0, 0.1) is 0 Å². The fraction of sp³-hybridized carbons (Fsp3) is 0.400. The zero-order chi connectivity index (χ0) is 14.5. The molecular weight excluding hydrogens is 274 g/mol. The Balaban J connectivity index is 1.85. The van der Waals surface area contributed by atoms with Crippen molar-refractivity contribution in [3.05, 3.63) is 44.4 Å². The summed E-state index contributed by atoms with van der Waals surface area (Å²) in [5, 5.41) is 9.49. The number of aromatic nitrogens is 1. The fourth-order valence-corrected chi connectivity index (χ4v) is 2.75. The summed E-state index contributed by atoms with van der Waals surface area (Å²) in [6.07, 6.45) is 2.69. The number of benzene rings is 1. The molecule has 2 aromatic rings. The van der Waals surface area contributed by atoms with Gasteiger partial charge in [0.1, 0.15) is 5.75 Å². The lowest BCUT2D eigenvalue weighted by Crippen LogP contribution is -2.05. The number of hydrogen-bond donors (Lipinski definition) is 2. The standard InChI is InChI=1S/C15H19NO3S/c1-10(2)19-12-8-6-11(7-9-12)4-3-5-13-14(17)16-15(18)20-13/h6-10,17H,3-5H2,1-2H3,(H,16,18). The number of hydrogen-bond acceptors (Lipinski definition) is 4. The van der Waals surface area contributed by atoms with Crippen molar-refractivity contribution in [1.82, 2.24) is 4.98 Å². The lowest BCUT2D eigenvalue weighted by Gasteiger charge is -2.10. The molecule has 1 aromatic carbocycles. The average molecular weight is 293 g/mol. The second-order valence-corrected chi connectivity index (χ2v) is 6.02. The summed E-state index contributed by atoms with van der Waals surface area (Å²) in [5.41, 5.74) is 1.23. The third kappa shape index (κ3) is 4.13. The minimum atomic E-state index is -0.201. The molecule has 1 heterocycles. The molecule has 0 atom stereocenters. The topological polar surface area (TPSA) is 62.3 Å². The van der Waals surface area contributed by atoms with E-state index in [1.807, 2.05) is 26.0 Å². The highest BCUT2D eigenvalue weighted by Crippen LogP contribution is 2.20. The highest BCUT2D eigenvalue weighted by Gasteiger charge is 2.06. The van der Waals surface area contributed by atoms with E-state index in [-0.39, 0.29) is 16.9 Å². The Morgan fingerprint density at radius 1 is 1.25 bits per heavy atom. The van der Waals surface area contributed by atoms with Crippen molar-refractivity contribution in [2.24, 2.45) is 0 Å². The summed E-state index contributed by atoms with van der Waals surface area (Å²) in [6.45, 7) is 4.01. The van der Waals surface area contributed by atoms with E-state index in [0.717, 1.165) is 34.8 Å². The Morgan fingerprint density at radius 2 is 1.95 bits per heavy atom. The van der Waals surface area contributed by atoms with Crippen LogP contribution in [0.3, 0.4) is 0 Å². The Hall–Kier alpha value is -1.75. The molecule has 0 bridgehead atoms. The maximum atomic E-state index is 11.1. The molecule has 0 aliphatic rings. The normalized spacial score (nSPS) is 10.9. The number of thiazole rings is 1. The summed E-state index contributed by atoms with van der Waals surface area (Å²) < 4.78 is 5.59. The third-order valence-electron chi connectivity index (χ3n) is 2.86. The Bertz CT molecular complexity index is 598. The predicted molar refractivity (Wildman–Crippen MR) is 80.8 cm³/mol. The third-order valence-corrected chi connectivity index (χ3v) is 3.80. The second kappa shape index (κ2) is 6.61. The van der Waals surface area contributed by atoms with Crippen LogP contribution in [-0.4, -0.2) is 16.2 Å². The molecule has 4 nitrogen and oxygen atoms in total. The highest BCUT2D eigenvalue weighted by atomic mass is 32.1. The number of ether oxygens (including phenoxy) is 1. The van der Waals surface area contributed by atoms with E-state index in [0.29, 0.717) is 6.42 Å². The molecule has 2 N–H and O–H groups in total. The highest BCUT2D eigenvalue weighted by molar-refractivity contribution is 7.09. The van der Waals surface area contributed by atoms with Gasteiger partial charge in [-0.2, -0.15) is 0 Å². The average Bonchev–Trinajstić information content (AvgIpc) is 2.69. The quantitative estimate of drug-likeness (QED) is 0.860. The Morgan fingerprint density at radius 3 is 2.50 bits per heavy atom. The Kier molecular flexibility index (Phi) is 4.84. The molecule has 1 aromatic heterocycles. The molecule has 0 amide bonds. The van der Waals surface area contributed by atoms with E-state index in [4.69, 9.17) is 4.74 Å². The van der Waals surface area contributed by atoms with Crippen LogP contribution in [-0.2, 0) is 12.8 Å². The monoisotopic (exact) mass is 293 g/mol. The molecule has 108 valence electrons. The molecular formula is C15H19NO3S. The number of nitrogens with one attached hydrogen (secondary N) is 1. The summed E-state index contributed by atoms with van der Waals surface area (Å²) in [4.78, 5) is 14.0. The first kappa shape index (κ1) is 14.7. The van der Waals surface area contributed by atoms with Gasteiger partial charge in [-0.1, -0.05) is 23.5 Å². The van der Waals surface area contributed by atoms with E-state index in [1.165, 1.54) is 5.56 Å². The minimum Gasteiger partial charge on any atom is -0.494 e. The summed E-state index contributed by atoms with van der Waals surface area (Å²) in [7, 11) is 0. The van der Waals surface area contributed by atoms with E-state index in [9.17, 15) is 9.90 Å². The molecule has 0 spiro atoms. The van der Waals surface area contributed by atoms with Crippen LogP contribution >= 0.6 is 11.3 Å². The van der Waals surface area contributed by atoms with Gasteiger partial charge in [-0.25, -0.2) is 0 Å². The van der Waals surface area contributed by atoms with Crippen LogP contribution in [0.2, 0.25) is 0 Å². The largest absolute Gasteiger partial charge is 0.494 e. The van der Waals surface area contributed by atoms with Gasteiger partial charge < -0.3 is 9.84 Å². The van der Waals surface area contributed by atoms with Crippen LogP contribution in [0.5, 0.6) is 11.6 Å². The van der Waals surface area contributed by atoms with Crippen molar-refractivity contribution in [1.29, 1.82) is 0 Å². The van der Waals surface area contributed by atoms with Crippen LogP contribution in [0.15, 0.2) is 29.1 Å². The minimum absolute atomic E-state index is 0.0145. The first-order valence-electron chi connectivity index (χ1n) is 6.71. The van der Waals surface area contributed by atoms with Crippen molar-refractivity contribution in [2.75, 3.05) is 0 Å². The van der Waals surface area contributed by atoms with Crippen molar-refractivity contribution in [3.8, 4) is 11.6 Å². The smallest absolute Gasteiger partial charge is 0.307 e. The Labute approximate surface area is 122 Å². The number of aromatic hydroxyl groups is 1. The zero-order valence-electron chi connectivity index (χ0n) is 11.7. The van der Waals surface area contributed by atoms with Crippen LogP contribution in [0.1, 0.15) is 30.7 Å². The SMILES string of the molecule is CC(C)Oc1ccc(CCCc2sc(=O)[nH]c2O)cc1. The lowest BCUT2D eigenvalue weighted by molar-refractivity contribution is 0.242. The van der Waals surface area contributed by atoms with Gasteiger partial charge in [0.05, 0.1) is 11.0 Å². The molecule has 0 saturated carbocycles. The number of rotatable bonds is 6. The summed E-state index contributed by atoms with van der Waals surface area (Å²) >= 11 is 1.08. The van der Waals surface area contributed by atoms with Crippen molar-refractivity contribution >= 4 is 11.3 Å². The van der Waals surface area contributed by atoms with Gasteiger partial charge in [-0.15, -0.1) is 0 Å². The molecule has 0 fully saturated rings. The maximum absolute atomic E-state index is 11.1. The fourth-order valence-electron chi connectivity index (χ4n) is 1.98. The molecule has 0 radical (unpaired) electrons. The van der Waals surface area contributed by atoms with Gasteiger partial charge in [0.25, 0.3) is 0 Å². The first-order chi connectivity index (χ1) is 9.54. The molecule has 2 rings (SSSR count). The lowest BCUT2D eigenvalue weighted by atomic mass is 10.1. The van der Waals surface area contributed by atoms with Gasteiger partial charge in [0.15, 0.2) is 0 Å².